The van der Waals surface area contributed by atoms with Crippen LogP contribution in [0.15, 0.2) is 18.2 Å². The summed E-state index contributed by atoms with van der Waals surface area (Å²) in [4.78, 5) is 0. The van der Waals surface area contributed by atoms with Gasteiger partial charge in [0.05, 0.1) is 7.11 Å². The zero-order valence-electron chi connectivity index (χ0n) is 8.08. The standard InChI is InChI=1S/C11H15NO/c1-7-5-11(12)9-4-3-8(13-2)6-10(7)9/h3-4,6-7,11H,5,12H2,1-2H3. The fourth-order valence-electron chi connectivity index (χ4n) is 2.08. The molecule has 0 amide bonds. The van der Waals surface area contributed by atoms with Crippen LogP contribution < -0.4 is 10.5 Å². The molecule has 0 saturated carbocycles. The van der Waals surface area contributed by atoms with Gasteiger partial charge in [0, 0.05) is 6.04 Å². The van der Waals surface area contributed by atoms with Gasteiger partial charge in [0.25, 0.3) is 0 Å². The summed E-state index contributed by atoms with van der Waals surface area (Å²) in [5, 5.41) is 0. The second-order valence-corrected chi connectivity index (χ2v) is 3.74. The van der Waals surface area contributed by atoms with Gasteiger partial charge < -0.3 is 10.5 Å². The minimum Gasteiger partial charge on any atom is -0.497 e. The number of ether oxygens (including phenoxy) is 1. The van der Waals surface area contributed by atoms with Crippen molar-refractivity contribution >= 4 is 0 Å². The molecule has 0 fully saturated rings. The van der Waals surface area contributed by atoms with Gasteiger partial charge in [0.15, 0.2) is 0 Å². The van der Waals surface area contributed by atoms with Crippen molar-refractivity contribution in [3.8, 4) is 5.75 Å². The molecule has 70 valence electrons. The lowest BCUT2D eigenvalue weighted by molar-refractivity contribution is 0.414. The summed E-state index contributed by atoms with van der Waals surface area (Å²) in [6.07, 6.45) is 1.06. The number of fused-ring (bicyclic) bond motifs is 1. The summed E-state index contributed by atoms with van der Waals surface area (Å²) < 4.78 is 5.18. The van der Waals surface area contributed by atoms with E-state index in [4.69, 9.17) is 10.5 Å². The Morgan fingerprint density at radius 3 is 2.85 bits per heavy atom. The van der Waals surface area contributed by atoms with Crippen molar-refractivity contribution in [3.05, 3.63) is 29.3 Å². The Morgan fingerprint density at radius 2 is 2.15 bits per heavy atom. The van der Waals surface area contributed by atoms with Crippen LogP contribution in [-0.2, 0) is 0 Å². The Labute approximate surface area is 78.7 Å². The van der Waals surface area contributed by atoms with E-state index < -0.39 is 0 Å². The van der Waals surface area contributed by atoms with Crippen molar-refractivity contribution < 1.29 is 4.74 Å². The Morgan fingerprint density at radius 1 is 1.38 bits per heavy atom. The van der Waals surface area contributed by atoms with Gasteiger partial charge in [-0.15, -0.1) is 0 Å². The molecular formula is C11H15NO. The molecule has 1 aliphatic carbocycles. The van der Waals surface area contributed by atoms with Crippen molar-refractivity contribution in [1.82, 2.24) is 0 Å². The van der Waals surface area contributed by atoms with Crippen molar-refractivity contribution in [2.75, 3.05) is 7.11 Å². The lowest BCUT2D eigenvalue weighted by Crippen LogP contribution is -2.05. The number of methoxy groups -OCH3 is 1. The Kier molecular flexibility index (Phi) is 2.00. The Balaban J connectivity index is 2.46. The second kappa shape index (κ2) is 3.04. The van der Waals surface area contributed by atoms with E-state index in [9.17, 15) is 0 Å². The van der Waals surface area contributed by atoms with Crippen molar-refractivity contribution in [3.63, 3.8) is 0 Å². The molecule has 2 nitrogen and oxygen atoms in total. The summed E-state index contributed by atoms with van der Waals surface area (Å²) >= 11 is 0. The number of hydrogen-bond acceptors (Lipinski definition) is 2. The van der Waals surface area contributed by atoms with Crippen LogP contribution in [0.5, 0.6) is 5.75 Å². The molecule has 2 N–H and O–H groups in total. The number of nitrogens with two attached hydrogens (primary N) is 1. The van der Waals surface area contributed by atoms with Crippen LogP contribution in [0, 0.1) is 0 Å². The van der Waals surface area contributed by atoms with Crippen LogP contribution in [0.3, 0.4) is 0 Å². The van der Waals surface area contributed by atoms with Gasteiger partial charge in [-0.3, -0.25) is 0 Å². The predicted octanol–water partition coefficient (Wildman–Crippen LogP) is 2.20. The Bertz CT molecular complexity index is 322. The molecular weight excluding hydrogens is 162 g/mol. The number of hydrogen-bond donors (Lipinski definition) is 1. The predicted molar refractivity (Wildman–Crippen MR) is 53.0 cm³/mol. The second-order valence-electron chi connectivity index (χ2n) is 3.74. The zero-order chi connectivity index (χ0) is 9.42. The number of rotatable bonds is 1. The summed E-state index contributed by atoms with van der Waals surface area (Å²) in [6, 6.07) is 6.39. The summed E-state index contributed by atoms with van der Waals surface area (Å²) in [7, 11) is 1.70. The molecule has 0 aromatic heterocycles. The maximum Gasteiger partial charge on any atom is 0.119 e. The van der Waals surface area contributed by atoms with Crippen molar-refractivity contribution in [1.29, 1.82) is 0 Å². The van der Waals surface area contributed by atoms with Gasteiger partial charge >= 0.3 is 0 Å². The van der Waals surface area contributed by atoms with Crippen molar-refractivity contribution in [2.45, 2.75) is 25.3 Å². The van der Waals surface area contributed by atoms with E-state index in [0.717, 1.165) is 12.2 Å². The van der Waals surface area contributed by atoms with Crippen LogP contribution in [0.4, 0.5) is 0 Å². The van der Waals surface area contributed by atoms with Crippen LogP contribution in [0.25, 0.3) is 0 Å². The third-order valence-electron chi connectivity index (χ3n) is 2.83. The number of benzene rings is 1. The Hall–Kier alpha value is -1.02. The van der Waals surface area contributed by atoms with E-state index in [2.05, 4.69) is 19.1 Å². The minimum atomic E-state index is 0.218. The molecule has 13 heavy (non-hydrogen) atoms. The highest BCUT2D eigenvalue weighted by Gasteiger charge is 2.25. The average molecular weight is 177 g/mol. The van der Waals surface area contributed by atoms with Crippen LogP contribution in [-0.4, -0.2) is 7.11 Å². The molecule has 0 spiro atoms. The van der Waals surface area contributed by atoms with E-state index in [1.54, 1.807) is 7.11 Å². The fourth-order valence-corrected chi connectivity index (χ4v) is 2.08. The molecule has 0 heterocycles. The zero-order valence-corrected chi connectivity index (χ0v) is 8.08. The summed E-state index contributed by atoms with van der Waals surface area (Å²) in [5.74, 6) is 1.50. The summed E-state index contributed by atoms with van der Waals surface area (Å²) in [6.45, 7) is 2.21. The maximum atomic E-state index is 5.99. The molecule has 2 rings (SSSR count). The van der Waals surface area contributed by atoms with Crippen LogP contribution in [0.1, 0.15) is 36.4 Å². The van der Waals surface area contributed by atoms with Gasteiger partial charge in [0.2, 0.25) is 0 Å². The van der Waals surface area contributed by atoms with E-state index in [-0.39, 0.29) is 6.04 Å². The van der Waals surface area contributed by atoms with E-state index in [1.807, 2.05) is 6.07 Å². The molecule has 0 saturated heterocycles. The highest BCUT2D eigenvalue weighted by molar-refractivity contribution is 5.42. The van der Waals surface area contributed by atoms with Crippen molar-refractivity contribution in [2.24, 2.45) is 5.73 Å². The average Bonchev–Trinajstić information content (AvgIpc) is 2.42. The molecule has 2 unspecified atom stereocenters. The highest BCUT2D eigenvalue weighted by atomic mass is 16.5. The molecule has 1 aromatic carbocycles. The monoisotopic (exact) mass is 177 g/mol. The smallest absolute Gasteiger partial charge is 0.119 e. The van der Waals surface area contributed by atoms with Gasteiger partial charge in [-0.2, -0.15) is 0 Å². The first-order valence-corrected chi connectivity index (χ1v) is 4.65. The van der Waals surface area contributed by atoms with Gasteiger partial charge in [-0.05, 0) is 35.6 Å². The third kappa shape index (κ3) is 1.31. The lowest BCUT2D eigenvalue weighted by Gasteiger charge is -2.07. The fraction of sp³-hybridized carbons (Fsp3) is 0.455. The van der Waals surface area contributed by atoms with E-state index in [1.165, 1.54) is 11.1 Å². The van der Waals surface area contributed by atoms with Gasteiger partial charge in [-0.25, -0.2) is 0 Å². The van der Waals surface area contributed by atoms with E-state index in [0.29, 0.717) is 5.92 Å². The van der Waals surface area contributed by atoms with Gasteiger partial charge in [-0.1, -0.05) is 13.0 Å². The van der Waals surface area contributed by atoms with Crippen LogP contribution in [0.2, 0.25) is 0 Å². The molecule has 0 bridgehead atoms. The largest absolute Gasteiger partial charge is 0.497 e. The first-order chi connectivity index (χ1) is 6.22. The molecule has 0 radical (unpaired) electrons. The molecule has 1 aliphatic rings. The topological polar surface area (TPSA) is 35.2 Å². The highest BCUT2D eigenvalue weighted by Crippen LogP contribution is 2.39. The third-order valence-corrected chi connectivity index (χ3v) is 2.83. The van der Waals surface area contributed by atoms with E-state index >= 15 is 0 Å². The normalized spacial score (nSPS) is 25.8. The first-order valence-electron chi connectivity index (χ1n) is 4.65. The first kappa shape index (κ1) is 8.57. The van der Waals surface area contributed by atoms with Crippen LogP contribution >= 0.6 is 0 Å². The molecule has 2 atom stereocenters. The molecule has 0 aliphatic heterocycles. The van der Waals surface area contributed by atoms with Gasteiger partial charge in [0.1, 0.15) is 5.75 Å². The quantitative estimate of drug-likeness (QED) is 0.713. The minimum absolute atomic E-state index is 0.218. The molecule has 1 aromatic rings. The lowest BCUT2D eigenvalue weighted by atomic mass is 10.0. The molecule has 2 heteroatoms. The summed E-state index contributed by atoms with van der Waals surface area (Å²) in [5.41, 5.74) is 8.63. The maximum absolute atomic E-state index is 5.99. The SMILES string of the molecule is COc1ccc2c(c1)C(C)CC2N.